The summed E-state index contributed by atoms with van der Waals surface area (Å²) in [5, 5.41) is 3.32. The molecule has 1 fully saturated rings. The maximum Gasteiger partial charge on any atom is 0.251 e. The first-order chi connectivity index (χ1) is 11.1. The molecule has 1 aliphatic rings. The number of nitrogens with one attached hydrogen (secondary N) is 1. The molecular weight excluding hydrogens is 312 g/mol. The number of hydrogen-bond acceptors (Lipinski definition) is 2. The molecule has 5 heteroatoms. The first-order valence-corrected chi connectivity index (χ1v) is 7.96. The molecule has 118 valence electrons. The largest absolute Gasteiger partial charge is 0.340 e. The Bertz CT molecular complexity index is 718. The van der Waals surface area contributed by atoms with Crippen molar-refractivity contribution in [3.05, 3.63) is 65.2 Å². The van der Waals surface area contributed by atoms with E-state index >= 15 is 0 Å². The number of amides is 2. The van der Waals surface area contributed by atoms with Gasteiger partial charge in [0.05, 0.1) is 0 Å². The van der Waals surface area contributed by atoms with Gasteiger partial charge in [0.15, 0.2) is 0 Å². The Morgan fingerprint density at radius 3 is 2.65 bits per heavy atom. The zero-order valence-electron chi connectivity index (χ0n) is 12.5. The minimum absolute atomic E-state index is 0.0715. The number of para-hydroxylation sites is 1. The van der Waals surface area contributed by atoms with E-state index in [-0.39, 0.29) is 11.8 Å². The van der Waals surface area contributed by atoms with Crippen LogP contribution in [0.3, 0.4) is 0 Å². The van der Waals surface area contributed by atoms with Gasteiger partial charge >= 0.3 is 0 Å². The molecule has 1 aliphatic heterocycles. The fourth-order valence-electron chi connectivity index (χ4n) is 2.74. The Morgan fingerprint density at radius 1 is 1.13 bits per heavy atom. The number of carbonyl (C=O) groups excluding carboxylic acids is 2. The third-order valence-electron chi connectivity index (χ3n) is 3.90. The van der Waals surface area contributed by atoms with E-state index in [1.54, 1.807) is 29.2 Å². The fraction of sp³-hybridized carbons (Fsp3) is 0.222. The molecule has 1 saturated heterocycles. The second kappa shape index (κ2) is 6.84. The van der Waals surface area contributed by atoms with Crippen molar-refractivity contribution in [2.45, 2.75) is 18.9 Å². The van der Waals surface area contributed by atoms with Gasteiger partial charge < -0.3 is 10.2 Å². The van der Waals surface area contributed by atoms with E-state index < -0.39 is 6.04 Å². The van der Waals surface area contributed by atoms with E-state index in [4.69, 9.17) is 11.6 Å². The van der Waals surface area contributed by atoms with Crippen molar-refractivity contribution in [2.75, 3.05) is 11.4 Å². The van der Waals surface area contributed by atoms with Crippen molar-refractivity contribution >= 4 is 29.1 Å². The fourth-order valence-corrected chi connectivity index (χ4v) is 2.94. The van der Waals surface area contributed by atoms with Gasteiger partial charge in [-0.3, -0.25) is 9.59 Å². The molecule has 23 heavy (non-hydrogen) atoms. The molecule has 1 unspecified atom stereocenters. The summed E-state index contributed by atoms with van der Waals surface area (Å²) in [6, 6.07) is 15.7. The number of piperidine rings is 1. The number of benzene rings is 2. The molecule has 2 amide bonds. The smallest absolute Gasteiger partial charge is 0.251 e. The second-order valence-electron chi connectivity index (χ2n) is 5.50. The Balaban J connectivity index is 1.73. The van der Waals surface area contributed by atoms with Gasteiger partial charge in [-0.1, -0.05) is 35.9 Å². The maximum absolute atomic E-state index is 12.6. The van der Waals surface area contributed by atoms with Crippen LogP contribution in [0.25, 0.3) is 0 Å². The van der Waals surface area contributed by atoms with Gasteiger partial charge in [-0.05, 0) is 43.2 Å². The number of carbonyl (C=O) groups is 2. The van der Waals surface area contributed by atoms with Gasteiger partial charge in [-0.25, -0.2) is 0 Å². The van der Waals surface area contributed by atoms with E-state index in [1.807, 2.05) is 30.3 Å². The number of anilines is 1. The minimum atomic E-state index is -0.504. The molecule has 2 aromatic rings. The number of nitrogens with zero attached hydrogens (tertiary/aromatic N) is 1. The molecule has 0 aromatic heterocycles. The third kappa shape index (κ3) is 3.54. The van der Waals surface area contributed by atoms with Crippen molar-refractivity contribution in [3.8, 4) is 0 Å². The average Bonchev–Trinajstić information content (AvgIpc) is 2.57. The minimum Gasteiger partial charge on any atom is -0.340 e. The molecule has 1 atom stereocenters. The Morgan fingerprint density at radius 2 is 1.91 bits per heavy atom. The van der Waals surface area contributed by atoms with Gasteiger partial charge in [0.1, 0.15) is 6.04 Å². The highest BCUT2D eigenvalue weighted by Gasteiger charge is 2.30. The Hall–Kier alpha value is -2.33. The van der Waals surface area contributed by atoms with Crippen molar-refractivity contribution < 1.29 is 9.59 Å². The predicted molar refractivity (Wildman–Crippen MR) is 90.7 cm³/mol. The number of rotatable bonds is 3. The van der Waals surface area contributed by atoms with Crippen LogP contribution in [0.4, 0.5) is 5.69 Å². The lowest BCUT2D eigenvalue weighted by atomic mass is 10.0. The van der Waals surface area contributed by atoms with E-state index in [9.17, 15) is 9.59 Å². The van der Waals surface area contributed by atoms with Gasteiger partial charge in [-0.2, -0.15) is 0 Å². The summed E-state index contributed by atoms with van der Waals surface area (Å²) >= 11 is 5.91. The lowest BCUT2D eigenvalue weighted by Crippen LogP contribution is -2.52. The van der Waals surface area contributed by atoms with E-state index in [0.717, 1.165) is 12.1 Å². The standard InChI is InChI=1S/C18H17ClN2O2/c19-14-7-4-6-13(12-14)17(22)20-16-10-5-11-21(18(16)23)15-8-2-1-3-9-15/h1-4,6-9,12,16H,5,10-11H2,(H,20,22). The van der Waals surface area contributed by atoms with Crippen LogP contribution in [0.1, 0.15) is 23.2 Å². The summed E-state index contributed by atoms with van der Waals surface area (Å²) < 4.78 is 0. The molecule has 0 radical (unpaired) electrons. The molecule has 0 saturated carbocycles. The molecule has 4 nitrogen and oxygen atoms in total. The topological polar surface area (TPSA) is 49.4 Å². The SMILES string of the molecule is O=C(NC1CCCN(c2ccccc2)C1=O)c1cccc(Cl)c1. The first kappa shape index (κ1) is 15.6. The highest BCUT2D eigenvalue weighted by atomic mass is 35.5. The van der Waals surface area contributed by atoms with Crippen LogP contribution < -0.4 is 10.2 Å². The van der Waals surface area contributed by atoms with Crippen molar-refractivity contribution in [2.24, 2.45) is 0 Å². The summed E-state index contributed by atoms with van der Waals surface area (Å²) in [5.74, 6) is -0.349. The second-order valence-corrected chi connectivity index (χ2v) is 5.94. The highest BCUT2D eigenvalue weighted by Crippen LogP contribution is 2.21. The maximum atomic E-state index is 12.6. The molecule has 1 heterocycles. The summed E-state index contributed by atoms with van der Waals surface area (Å²) in [6.07, 6.45) is 1.50. The van der Waals surface area contributed by atoms with Gasteiger partial charge in [0.25, 0.3) is 5.91 Å². The molecule has 1 N–H and O–H groups in total. The highest BCUT2D eigenvalue weighted by molar-refractivity contribution is 6.31. The quantitative estimate of drug-likeness (QED) is 0.940. The Labute approximate surface area is 140 Å². The normalized spacial score (nSPS) is 17.9. The monoisotopic (exact) mass is 328 g/mol. The molecule has 0 bridgehead atoms. The zero-order valence-corrected chi connectivity index (χ0v) is 13.3. The number of halogens is 1. The average molecular weight is 329 g/mol. The lowest BCUT2D eigenvalue weighted by Gasteiger charge is -2.32. The third-order valence-corrected chi connectivity index (χ3v) is 4.13. The van der Waals surface area contributed by atoms with E-state index in [1.165, 1.54) is 0 Å². The summed E-state index contributed by atoms with van der Waals surface area (Å²) in [5.41, 5.74) is 1.32. The van der Waals surface area contributed by atoms with Crippen molar-refractivity contribution in [1.29, 1.82) is 0 Å². The lowest BCUT2D eigenvalue weighted by molar-refractivity contribution is -0.121. The van der Waals surface area contributed by atoms with Crippen LogP contribution in [0, 0.1) is 0 Å². The predicted octanol–water partition coefficient (Wildman–Crippen LogP) is 3.27. The van der Waals surface area contributed by atoms with Crippen LogP contribution in [0.15, 0.2) is 54.6 Å². The molecule has 3 rings (SSSR count). The van der Waals surface area contributed by atoms with E-state index in [2.05, 4.69) is 5.32 Å². The van der Waals surface area contributed by atoms with Crippen LogP contribution in [-0.4, -0.2) is 24.4 Å². The molecule has 0 spiro atoms. The van der Waals surface area contributed by atoms with Crippen LogP contribution >= 0.6 is 11.6 Å². The van der Waals surface area contributed by atoms with Gasteiger partial charge in [-0.15, -0.1) is 0 Å². The number of hydrogen-bond donors (Lipinski definition) is 1. The van der Waals surface area contributed by atoms with Crippen LogP contribution in [0.2, 0.25) is 5.02 Å². The van der Waals surface area contributed by atoms with Crippen molar-refractivity contribution in [1.82, 2.24) is 5.32 Å². The first-order valence-electron chi connectivity index (χ1n) is 7.58. The zero-order chi connectivity index (χ0) is 16.2. The van der Waals surface area contributed by atoms with Gasteiger partial charge in [0, 0.05) is 22.8 Å². The van der Waals surface area contributed by atoms with Crippen LogP contribution in [-0.2, 0) is 4.79 Å². The summed E-state index contributed by atoms with van der Waals surface area (Å²) in [7, 11) is 0. The van der Waals surface area contributed by atoms with Gasteiger partial charge in [0.2, 0.25) is 5.91 Å². The van der Waals surface area contributed by atoms with Crippen LogP contribution in [0.5, 0.6) is 0 Å². The molecular formula is C18H17ClN2O2. The molecule has 0 aliphatic carbocycles. The summed E-state index contributed by atoms with van der Waals surface area (Å²) in [4.78, 5) is 26.7. The van der Waals surface area contributed by atoms with Crippen molar-refractivity contribution in [3.63, 3.8) is 0 Å². The molecule has 2 aromatic carbocycles. The van der Waals surface area contributed by atoms with E-state index in [0.29, 0.717) is 23.6 Å². The Kier molecular flexibility index (Phi) is 4.63. The summed E-state index contributed by atoms with van der Waals surface area (Å²) in [6.45, 7) is 0.673.